The molecule has 1 unspecified atom stereocenters. The van der Waals surface area contributed by atoms with E-state index in [0.29, 0.717) is 22.8 Å². The van der Waals surface area contributed by atoms with Gasteiger partial charge in [-0.3, -0.25) is 9.78 Å². The summed E-state index contributed by atoms with van der Waals surface area (Å²) >= 11 is 0. The number of aromatic nitrogens is 3. The molecule has 0 aliphatic carbocycles. The van der Waals surface area contributed by atoms with Crippen LogP contribution in [-0.2, 0) is 11.0 Å². The molecule has 2 aromatic carbocycles. The van der Waals surface area contributed by atoms with Gasteiger partial charge >= 0.3 is 12.1 Å². The molecule has 36 heavy (non-hydrogen) atoms. The van der Waals surface area contributed by atoms with Crippen LogP contribution < -0.4 is 10.6 Å². The molecule has 0 saturated heterocycles. The van der Waals surface area contributed by atoms with Crippen molar-refractivity contribution in [2.24, 2.45) is 0 Å². The average molecular weight is 493 g/mol. The minimum atomic E-state index is -4.53. The topological polar surface area (TPSA) is 109 Å². The Morgan fingerprint density at radius 3 is 2.50 bits per heavy atom. The normalized spacial score (nSPS) is 15.4. The lowest BCUT2D eigenvalue weighted by molar-refractivity contribution is -0.137. The van der Waals surface area contributed by atoms with Crippen molar-refractivity contribution < 1.29 is 27.9 Å². The number of benzene rings is 2. The van der Waals surface area contributed by atoms with Crippen LogP contribution in [-0.4, -0.2) is 31.7 Å². The number of carbonyl (C=O) groups excluding carboxylic acids is 1. The molecule has 1 atom stereocenters. The molecule has 1 amide bonds. The van der Waals surface area contributed by atoms with Crippen LogP contribution in [0.3, 0.4) is 0 Å². The first kappa shape index (κ1) is 23.1. The van der Waals surface area contributed by atoms with Crippen LogP contribution in [0.4, 0.5) is 24.7 Å². The summed E-state index contributed by atoms with van der Waals surface area (Å²) in [5.41, 5.74) is 0.308. The number of allylic oxidation sites excluding steroid dienone is 1. The smallest absolute Gasteiger partial charge is 0.416 e. The maximum Gasteiger partial charge on any atom is 0.416 e. The number of rotatable bonds is 4. The number of carboxylic acids is 1. The zero-order chi connectivity index (χ0) is 25.6. The van der Waals surface area contributed by atoms with E-state index in [1.165, 1.54) is 22.9 Å². The van der Waals surface area contributed by atoms with Gasteiger partial charge in [0.05, 0.1) is 11.1 Å². The molecule has 4 aromatic rings. The first-order chi connectivity index (χ1) is 17.1. The van der Waals surface area contributed by atoms with E-state index in [1.807, 2.05) is 0 Å². The van der Waals surface area contributed by atoms with Crippen molar-refractivity contribution in [2.75, 3.05) is 10.6 Å². The summed E-state index contributed by atoms with van der Waals surface area (Å²) in [7, 11) is 0. The third-order valence-electron chi connectivity index (χ3n) is 5.89. The molecule has 3 heterocycles. The van der Waals surface area contributed by atoms with Gasteiger partial charge in [-0.2, -0.15) is 18.3 Å². The van der Waals surface area contributed by atoms with Gasteiger partial charge in [0.15, 0.2) is 5.69 Å². The summed E-state index contributed by atoms with van der Waals surface area (Å²) < 4.78 is 40.7. The van der Waals surface area contributed by atoms with E-state index < -0.39 is 29.7 Å². The fourth-order valence-electron chi connectivity index (χ4n) is 4.19. The Morgan fingerprint density at radius 1 is 1.06 bits per heavy atom. The van der Waals surface area contributed by atoms with Gasteiger partial charge in [-0.05, 0) is 48.2 Å². The molecule has 0 bridgehead atoms. The van der Waals surface area contributed by atoms with Crippen molar-refractivity contribution >= 4 is 34.2 Å². The van der Waals surface area contributed by atoms with Gasteiger partial charge in [0.1, 0.15) is 11.9 Å². The number of aromatic carboxylic acids is 1. The van der Waals surface area contributed by atoms with Gasteiger partial charge in [0.2, 0.25) is 0 Å². The summed E-state index contributed by atoms with van der Waals surface area (Å²) in [5, 5.41) is 21.1. The Balaban J connectivity index is 1.57. The number of hydrogen-bond acceptors (Lipinski definition) is 5. The maximum atomic E-state index is 13.5. The van der Waals surface area contributed by atoms with Gasteiger partial charge in [0.25, 0.3) is 5.91 Å². The quantitative estimate of drug-likeness (QED) is 0.366. The molecule has 0 fully saturated rings. The number of hydrogen-bond donors (Lipinski definition) is 3. The van der Waals surface area contributed by atoms with E-state index in [-0.39, 0.29) is 11.3 Å². The van der Waals surface area contributed by atoms with E-state index in [1.54, 1.807) is 43.6 Å². The largest absolute Gasteiger partial charge is 0.476 e. The number of carboxylic acid groups (broad SMARTS) is 1. The highest BCUT2D eigenvalue weighted by Gasteiger charge is 2.35. The highest BCUT2D eigenvalue weighted by molar-refractivity contribution is 6.07. The summed E-state index contributed by atoms with van der Waals surface area (Å²) in [6.45, 7) is 1.63. The van der Waals surface area contributed by atoms with Crippen LogP contribution in [0.15, 0.2) is 78.3 Å². The molecule has 11 heteroatoms. The second-order valence-electron chi connectivity index (χ2n) is 8.24. The van der Waals surface area contributed by atoms with Crippen LogP contribution in [0, 0.1) is 0 Å². The molecular weight excluding hydrogens is 475 g/mol. The van der Waals surface area contributed by atoms with Crippen molar-refractivity contribution in [3.05, 3.63) is 95.1 Å². The number of amides is 1. The number of nitrogens with one attached hydrogen (secondary N) is 2. The molecule has 0 spiro atoms. The lowest BCUT2D eigenvalue weighted by atomic mass is 9.94. The van der Waals surface area contributed by atoms with E-state index in [2.05, 4.69) is 20.7 Å². The predicted octanol–water partition coefficient (Wildman–Crippen LogP) is 5.08. The molecular formula is C25H18F3N5O3. The summed E-state index contributed by atoms with van der Waals surface area (Å²) in [5.74, 6) is -1.50. The van der Waals surface area contributed by atoms with E-state index in [4.69, 9.17) is 0 Å². The highest BCUT2D eigenvalue weighted by atomic mass is 19.4. The van der Waals surface area contributed by atoms with E-state index in [0.717, 1.165) is 22.9 Å². The third kappa shape index (κ3) is 4.15. The Bertz CT molecular complexity index is 1540. The lowest BCUT2D eigenvalue weighted by Crippen LogP contribution is -2.31. The highest BCUT2D eigenvalue weighted by Crippen LogP contribution is 2.38. The van der Waals surface area contributed by atoms with Crippen molar-refractivity contribution in [1.82, 2.24) is 14.8 Å². The SMILES string of the molecule is CC1=C(C(=O)Nc2ccc3cnccc3c2)C(c2ccc(C(F)(F)F)cc2)n2nc(C(=O)O)cc2N1. The monoisotopic (exact) mass is 493 g/mol. The van der Waals surface area contributed by atoms with Gasteiger partial charge in [0, 0.05) is 35.2 Å². The number of anilines is 2. The third-order valence-corrected chi connectivity index (χ3v) is 5.89. The Hall–Kier alpha value is -4.67. The van der Waals surface area contributed by atoms with Crippen LogP contribution in [0.25, 0.3) is 10.8 Å². The van der Waals surface area contributed by atoms with Crippen molar-refractivity contribution in [3.63, 3.8) is 0 Å². The second-order valence-corrected chi connectivity index (χ2v) is 8.24. The number of pyridine rings is 1. The van der Waals surface area contributed by atoms with Crippen LogP contribution in [0.2, 0.25) is 0 Å². The number of carbonyl (C=O) groups is 2. The van der Waals surface area contributed by atoms with Crippen LogP contribution in [0.1, 0.15) is 34.6 Å². The first-order valence-corrected chi connectivity index (χ1v) is 10.7. The molecule has 8 nitrogen and oxygen atoms in total. The standard InChI is InChI=1S/C25H18F3N5O3/c1-13-21(23(34)31-18-7-4-16-12-29-9-8-15(16)10-18)22(14-2-5-17(6-3-14)25(26,27)28)33-20(30-13)11-19(32-33)24(35)36/h2-12,22,30H,1H3,(H,31,34)(H,35,36). The molecule has 0 radical (unpaired) electrons. The van der Waals surface area contributed by atoms with Crippen molar-refractivity contribution in [3.8, 4) is 0 Å². The molecule has 3 N–H and O–H groups in total. The summed E-state index contributed by atoms with van der Waals surface area (Å²) in [4.78, 5) is 29.1. The van der Waals surface area contributed by atoms with Gasteiger partial charge < -0.3 is 15.7 Å². The van der Waals surface area contributed by atoms with Gasteiger partial charge in [-0.15, -0.1) is 0 Å². The number of halogens is 3. The number of fused-ring (bicyclic) bond motifs is 2. The summed E-state index contributed by atoms with van der Waals surface area (Å²) in [6, 6.07) is 11.8. The minimum absolute atomic E-state index is 0.178. The first-order valence-electron chi connectivity index (χ1n) is 10.7. The van der Waals surface area contributed by atoms with Gasteiger partial charge in [-0.25, -0.2) is 9.48 Å². The Kier molecular flexibility index (Phi) is 5.47. The van der Waals surface area contributed by atoms with Gasteiger partial charge in [-0.1, -0.05) is 18.2 Å². The number of nitrogens with zero attached hydrogens (tertiary/aromatic N) is 3. The Morgan fingerprint density at radius 2 is 1.81 bits per heavy atom. The van der Waals surface area contributed by atoms with Crippen LogP contribution >= 0.6 is 0 Å². The minimum Gasteiger partial charge on any atom is -0.476 e. The van der Waals surface area contributed by atoms with Crippen molar-refractivity contribution in [2.45, 2.75) is 19.1 Å². The lowest BCUT2D eigenvalue weighted by Gasteiger charge is -2.30. The van der Waals surface area contributed by atoms with E-state index >= 15 is 0 Å². The molecule has 2 aromatic heterocycles. The van der Waals surface area contributed by atoms with Crippen molar-refractivity contribution in [1.29, 1.82) is 0 Å². The fraction of sp³-hybridized carbons (Fsp3) is 0.120. The second kappa shape index (κ2) is 8.52. The zero-order valence-electron chi connectivity index (χ0n) is 18.7. The Labute approximate surface area is 202 Å². The predicted molar refractivity (Wildman–Crippen MR) is 125 cm³/mol. The molecule has 0 saturated carbocycles. The maximum absolute atomic E-state index is 13.5. The fourth-order valence-corrected chi connectivity index (χ4v) is 4.19. The molecule has 5 rings (SSSR count). The summed E-state index contributed by atoms with van der Waals surface area (Å²) in [6.07, 6.45) is -1.21. The molecule has 1 aliphatic heterocycles. The molecule has 182 valence electrons. The van der Waals surface area contributed by atoms with Crippen LogP contribution in [0.5, 0.6) is 0 Å². The van der Waals surface area contributed by atoms with E-state index in [9.17, 15) is 27.9 Å². The number of alkyl halides is 3. The zero-order valence-corrected chi connectivity index (χ0v) is 18.7. The molecule has 1 aliphatic rings. The average Bonchev–Trinajstić information content (AvgIpc) is 3.26.